The highest BCUT2D eigenvalue weighted by atomic mass is 32.1. The van der Waals surface area contributed by atoms with Crippen molar-refractivity contribution >= 4 is 34.7 Å². The Balaban J connectivity index is 1.03. The van der Waals surface area contributed by atoms with Gasteiger partial charge in [0.1, 0.15) is 17.3 Å². The number of thiazole rings is 1. The monoisotopic (exact) mass is 697 g/mol. The Bertz CT molecular complexity index is 1740. The SMILES string of the molecule is CCN(CC)C1CCN(Cc2ccc(-c3cccc(Nc4ncc(F)cc4C(=O)N[C@H]4CC[C@@H](NC(=O)c5csc(C)n5)CC4)c3)cc2)CC1. The van der Waals surface area contributed by atoms with Crippen molar-refractivity contribution in [3.05, 3.63) is 93.8 Å². The second kappa shape index (κ2) is 16.7. The van der Waals surface area contributed by atoms with Crippen LogP contribution in [0.4, 0.5) is 15.9 Å². The van der Waals surface area contributed by atoms with Gasteiger partial charge in [-0.2, -0.15) is 0 Å². The molecule has 0 radical (unpaired) electrons. The lowest BCUT2D eigenvalue weighted by Gasteiger charge is -2.37. The van der Waals surface area contributed by atoms with Crippen LogP contribution in [0.3, 0.4) is 0 Å². The van der Waals surface area contributed by atoms with Crippen LogP contribution in [0.25, 0.3) is 11.1 Å². The number of rotatable bonds is 12. The molecule has 0 bridgehead atoms. The van der Waals surface area contributed by atoms with Crippen LogP contribution in [-0.2, 0) is 6.54 Å². The molecule has 0 atom stereocenters. The van der Waals surface area contributed by atoms with Crippen LogP contribution in [0.5, 0.6) is 0 Å². The van der Waals surface area contributed by atoms with Crippen LogP contribution in [-0.4, -0.2) is 75.9 Å². The van der Waals surface area contributed by atoms with E-state index in [1.54, 1.807) is 5.38 Å². The molecular weight excluding hydrogens is 650 g/mol. The molecule has 0 unspecified atom stereocenters. The second-order valence-electron chi connectivity index (χ2n) is 13.4. The number of aryl methyl sites for hydroxylation is 1. The van der Waals surface area contributed by atoms with Gasteiger partial charge in [-0.1, -0.05) is 50.2 Å². The maximum Gasteiger partial charge on any atom is 0.270 e. The number of benzene rings is 2. The Labute approximate surface area is 298 Å². The first-order valence-electron chi connectivity index (χ1n) is 17.9. The van der Waals surface area contributed by atoms with E-state index in [4.69, 9.17) is 0 Å². The first-order chi connectivity index (χ1) is 24.3. The molecule has 9 nitrogen and oxygen atoms in total. The maximum atomic E-state index is 14.4. The third kappa shape index (κ3) is 9.12. The summed E-state index contributed by atoms with van der Waals surface area (Å²) in [5.74, 6) is -0.831. The van der Waals surface area contributed by atoms with Crippen LogP contribution in [0.2, 0.25) is 0 Å². The predicted octanol–water partition coefficient (Wildman–Crippen LogP) is 7.17. The lowest BCUT2D eigenvalue weighted by molar-refractivity contribution is 0.0889. The number of carbonyl (C=O) groups is 2. The zero-order chi connectivity index (χ0) is 35.0. The number of amides is 2. The fourth-order valence-corrected chi connectivity index (χ4v) is 7.83. The molecule has 0 spiro atoms. The molecule has 2 aliphatic rings. The van der Waals surface area contributed by atoms with Gasteiger partial charge in [0, 0.05) is 35.7 Å². The average Bonchev–Trinajstić information content (AvgIpc) is 3.58. The average molecular weight is 698 g/mol. The number of hydrogen-bond acceptors (Lipinski definition) is 8. The van der Waals surface area contributed by atoms with Crippen LogP contribution >= 0.6 is 11.3 Å². The summed E-state index contributed by atoms with van der Waals surface area (Å²) in [7, 11) is 0. The van der Waals surface area contributed by atoms with E-state index >= 15 is 0 Å². The Hall–Kier alpha value is -4.19. The van der Waals surface area contributed by atoms with E-state index in [1.807, 2.05) is 25.1 Å². The molecule has 1 saturated heterocycles. The molecule has 50 heavy (non-hydrogen) atoms. The topological polar surface area (TPSA) is 102 Å². The molecule has 6 rings (SSSR count). The normalized spacial score (nSPS) is 18.6. The van der Waals surface area contributed by atoms with Crippen molar-refractivity contribution in [3.8, 4) is 11.1 Å². The van der Waals surface area contributed by atoms with Crippen LogP contribution in [0.1, 0.15) is 83.8 Å². The van der Waals surface area contributed by atoms with Gasteiger partial charge >= 0.3 is 0 Å². The lowest BCUT2D eigenvalue weighted by atomic mass is 9.91. The Morgan fingerprint density at radius 3 is 2.22 bits per heavy atom. The molecule has 1 aliphatic heterocycles. The standard InChI is InChI=1S/C39H48FN7O2S/c1-4-47(5-2)34-17-19-46(20-18-34)24-27-9-11-28(12-10-27)29-7-6-8-33(21-29)43-37-35(22-30(40)23-41-37)38(48)44-31-13-15-32(16-14-31)45-39(49)36-25-50-26(3)42-36/h6-12,21-23,25,31-32,34H,4-5,13-20,24H2,1-3H3,(H,41,43)(H,44,48)(H,45,49)/t31-,32+. The fraction of sp³-hybridized carbons (Fsp3) is 0.436. The van der Waals surface area contributed by atoms with E-state index in [0.29, 0.717) is 30.4 Å². The summed E-state index contributed by atoms with van der Waals surface area (Å²) in [6.45, 7) is 11.8. The van der Waals surface area contributed by atoms with E-state index in [2.05, 4.69) is 79.9 Å². The van der Waals surface area contributed by atoms with E-state index in [-0.39, 0.29) is 29.5 Å². The highest BCUT2D eigenvalue weighted by molar-refractivity contribution is 7.09. The summed E-state index contributed by atoms with van der Waals surface area (Å²) in [6.07, 6.45) is 6.43. The molecule has 2 amide bonds. The molecule has 2 aromatic carbocycles. The molecule has 1 aliphatic carbocycles. The fourth-order valence-electron chi connectivity index (χ4n) is 7.24. The summed E-state index contributed by atoms with van der Waals surface area (Å²) in [4.78, 5) is 39.6. The number of halogens is 1. The van der Waals surface area contributed by atoms with Gasteiger partial charge in [0.15, 0.2) is 0 Å². The number of aromatic nitrogens is 2. The highest BCUT2D eigenvalue weighted by Crippen LogP contribution is 2.28. The molecule has 3 heterocycles. The van der Waals surface area contributed by atoms with Gasteiger partial charge in [0.05, 0.1) is 16.8 Å². The van der Waals surface area contributed by atoms with Gasteiger partial charge < -0.3 is 20.9 Å². The van der Waals surface area contributed by atoms with Crippen molar-refractivity contribution in [1.29, 1.82) is 0 Å². The lowest BCUT2D eigenvalue weighted by Crippen LogP contribution is -2.44. The molecule has 11 heteroatoms. The first kappa shape index (κ1) is 35.6. The number of carbonyl (C=O) groups excluding carboxylic acids is 2. The summed E-state index contributed by atoms with van der Waals surface area (Å²) in [5.41, 5.74) is 4.77. The van der Waals surface area contributed by atoms with Crippen molar-refractivity contribution < 1.29 is 14.0 Å². The third-order valence-electron chi connectivity index (χ3n) is 10.1. The van der Waals surface area contributed by atoms with Gasteiger partial charge in [-0.25, -0.2) is 14.4 Å². The second-order valence-corrected chi connectivity index (χ2v) is 14.5. The van der Waals surface area contributed by atoms with Gasteiger partial charge in [-0.15, -0.1) is 11.3 Å². The van der Waals surface area contributed by atoms with Gasteiger partial charge in [0.2, 0.25) is 0 Å². The minimum atomic E-state index is -0.577. The summed E-state index contributed by atoms with van der Waals surface area (Å²) in [6, 6.07) is 18.5. The molecule has 2 fully saturated rings. The van der Waals surface area contributed by atoms with Crippen molar-refractivity contribution in [2.45, 2.75) is 84.0 Å². The van der Waals surface area contributed by atoms with Crippen molar-refractivity contribution in [3.63, 3.8) is 0 Å². The number of nitrogens with zero attached hydrogens (tertiary/aromatic N) is 4. The molecule has 264 valence electrons. The molecule has 2 aromatic heterocycles. The predicted molar refractivity (Wildman–Crippen MR) is 198 cm³/mol. The van der Waals surface area contributed by atoms with Crippen molar-refractivity contribution in [2.75, 3.05) is 31.5 Å². The number of pyridine rings is 1. The summed E-state index contributed by atoms with van der Waals surface area (Å²) >= 11 is 1.45. The molecule has 1 saturated carbocycles. The number of anilines is 2. The van der Waals surface area contributed by atoms with E-state index in [9.17, 15) is 14.0 Å². The van der Waals surface area contributed by atoms with Crippen LogP contribution in [0.15, 0.2) is 66.2 Å². The zero-order valence-electron chi connectivity index (χ0n) is 29.3. The zero-order valence-corrected chi connectivity index (χ0v) is 30.1. The highest BCUT2D eigenvalue weighted by Gasteiger charge is 2.26. The third-order valence-corrected chi connectivity index (χ3v) is 10.8. The van der Waals surface area contributed by atoms with Crippen molar-refractivity contribution in [2.24, 2.45) is 0 Å². The Morgan fingerprint density at radius 2 is 1.58 bits per heavy atom. The molecule has 3 N–H and O–H groups in total. The first-order valence-corrected chi connectivity index (χ1v) is 18.8. The van der Waals surface area contributed by atoms with E-state index < -0.39 is 5.82 Å². The summed E-state index contributed by atoms with van der Waals surface area (Å²) in [5, 5.41) is 12.0. The van der Waals surface area contributed by atoms with Gasteiger partial charge in [-0.3, -0.25) is 14.5 Å². The largest absolute Gasteiger partial charge is 0.349 e. The van der Waals surface area contributed by atoms with Crippen LogP contribution in [0, 0.1) is 12.7 Å². The maximum absolute atomic E-state index is 14.4. The smallest absolute Gasteiger partial charge is 0.270 e. The minimum absolute atomic E-state index is 0.0228. The summed E-state index contributed by atoms with van der Waals surface area (Å²) < 4.78 is 14.4. The number of nitrogens with one attached hydrogen (secondary N) is 3. The number of likely N-dealkylation sites (tertiary alicyclic amines) is 1. The Kier molecular flexibility index (Phi) is 11.9. The Morgan fingerprint density at radius 1 is 0.900 bits per heavy atom. The number of piperidine rings is 1. The van der Waals surface area contributed by atoms with Crippen molar-refractivity contribution in [1.82, 2.24) is 30.4 Å². The van der Waals surface area contributed by atoms with Crippen LogP contribution < -0.4 is 16.0 Å². The van der Waals surface area contributed by atoms with Gasteiger partial charge in [0.25, 0.3) is 11.8 Å². The molecular formula is C39H48FN7O2S. The quantitative estimate of drug-likeness (QED) is 0.144. The van der Waals surface area contributed by atoms with E-state index in [1.165, 1.54) is 35.8 Å². The minimum Gasteiger partial charge on any atom is -0.349 e. The molecule has 4 aromatic rings. The number of hydrogen-bond donors (Lipinski definition) is 3. The van der Waals surface area contributed by atoms with Gasteiger partial charge in [-0.05, 0) is 107 Å². The van der Waals surface area contributed by atoms with E-state index in [0.717, 1.165) is 73.6 Å².